The Balaban J connectivity index is 2.45. The average molecular weight is 328 g/mol. The number of anilines is 1. The van der Waals surface area contributed by atoms with E-state index in [4.69, 9.17) is 16.7 Å². The van der Waals surface area contributed by atoms with Crippen molar-refractivity contribution in [2.75, 3.05) is 10.9 Å². The van der Waals surface area contributed by atoms with E-state index in [1.807, 2.05) is 0 Å². The van der Waals surface area contributed by atoms with Crippen LogP contribution in [-0.2, 0) is 14.8 Å². The van der Waals surface area contributed by atoms with E-state index >= 15 is 0 Å². The third-order valence-corrected chi connectivity index (χ3v) is 5.85. The number of aliphatic hydroxyl groups excluding tert-OH is 1. The molecule has 1 saturated heterocycles. The highest BCUT2D eigenvalue weighted by Crippen LogP contribution is 2.42. The molecule has 1 aliphatic heterocycles. The molecule has 1 N–H and O–H groups in total. The first-order chi connectivity index (χ1) is 9.73. The van der Waals surface area contributed by atoms with Gasteiger partial charge in [0.1, 0.15) is 0 Å². The molecule has 1 fully saturated rings. The van der Waals surface area contributed by atoms with Crippen LogP contribution >= 0.6 is 11.6 Å². The molecular formula is C14H14ClNO4S. The molecule has 7 heteroatoms. The molecular weight excluding hydrogens is 314 g/mol. The molecule has 0 atom stereocenters. The van der Waals surface area contributed by atoms with Gasteiger partial charge in [-0.15, -0.1) is 0 Å². The number of amides is 1. The molecule has 1 aromatic rings. The van der Waals surface area contributed by atoms with Gasteiger partial charge >= 0.3 is 0 Å². The van der Waals surface area contributed by atoms with Gasteiger partial charge in [-0.05, 0) is 32.0 Å². The van der Waals surface area contributed by atoms with E-state index in [0.717, 1.165) is 0 Å². The lowest BCUT2D eigenvalue weighted by atomic mass is 10.1. The van der Waals surface area contributed by atoms with Gasteiger partial charge in [0.25, 0.3) is 15.9 Å². The quantitative estimate of drug-likeness (QED) is 0.836. The van der Waals surface area contributed by atoms with Crippen molar-refractivity contribution < 1.29 is 18.3 Å². The predicted octanol–water partition coefficient (Wildman–Crippen LogP) is 1.53. The summed E-state index contributed by atoms with van der Waals surface area (Å²) in [6, 6.07) is 4.57. The first-order valence-electron chi connectivity index (χ1n) is 6.22. The highest BCUT2D eigenvalue weighted by molar-refractivity contribution is 7.98. The van der Waals surface area contributed by atoms with Crippen molar-refractivity contribution in [3.63, 3.8) is 0 Å². The van der Waals surface area contributed by atoms with Crippen molar-refractivity contribution in [3.05, 3.63) is 28.8 Å². The van der Waals surface area contributed by atoms with Gasteiger partial charge in [-0.3, -0.25) is 4.79 Å². The Bertz CT molecular complexity index is 759. The fourth-order valence-electron chi connectivity index (χ4n) is 1.86. The zero-order valence-electron chi connectivity index (χ0n) is 11.6. The van der Waals surface area contributed by atoms with Gasteiger partial charge < -0.3 is 5.11 Å². The van der Waals surface area contributed by atoms with E-state index in [2.05, 4.69) is 11.8 Å². The Morgan fingerprint density at radius 2 is 2.05 bits per heavy atom. The summed E-state index contributed by atoms with van der Waals surface area (Å²) in [5.41, 5.74) is 0.632. The highest BCUT2D eigenvalue weighted by Gasteiger charge is 2.61. The maximum atomic E-state index is 12.2. The lowest BCUT2D eigenvalue weighted by Gasteiger charge is -2.43. The van der Waals surface area contributed by atoms with Crippen molar-refractivity contribution in [2.24, 2.45) is 0 Å². The molecule has 1 aromatic carbocycles. The van der Waals surface area contributed by atoms with E-state index in [0.29, 0.717) is 16.3 Å². The van der Waals surface area contributed by atoms with Crippen LogP contribution in [0.25, 0.3) is 0 Å². The molecule has 1 aliphatic rings. The number of hydrogen-bond donors (Lipinski definition) is 1. The topological polar surface area (TPSA) is 74.7 Å². The van der Waals surface area contributed by atoms with Gasteiger partial charge in [0.15, 0.2) is 4.75 Å². The molecule has 0 bridgehead atoms. The Morgan fingerprint density at radius 1 is 1.38 bits per heavy atom. The van der Waals surface area contributed by atoms with Crippen LogP contribution < -0.4 is 4.31 Å². The van der Waals surface area contributed by atoms with Crippen LogP contribution in [0.5, 0.6) is 0 Å². The number of nitrogens with zero attached hydrogens (tertiary/aromatic N) is 1. The maximum Gasteiger partial charge on any atom is 0.263 e. The van der Waals surface area contributed by atoms with Gasteiger partial charge in [-0.25, -0.2) is 12.7 Å². The van der Waals surface area contributed by atoms with Gasteiger partial charge in [0.2, 0.25) is 0 Å². The van der Waals surface area contributed by atoms with Crippen LogP contribution in [0.1, 0.15) is 25.8 Å². The predicted molar refractivity (Wildman–Crippen MR) is 80.5 cm³/mol. The maximum absolute atomic E-state index is 12.2. The molecule has 2 rings (SSSR count). The Hall–Kier alpha value is -1.55. The second kappa shape index (κ2) is 5.34. The monoisotopic (exact) mass is 327 g/mol. The third-order valence-electron chi connectivity index (χ3n) is 3.22. The van der Waals surface area contributed by atoms with Crippen molar-refractivity contribution in [2.45, 2.75) is 25.0 Å². The number of rotatable bonds is 2. The first-order valence-corrected chi connectivity index (χ1v) is 8.04. The van der Waals surface area contributed by atoms with Crippen LogP contribution in [0.15, 0.2) is 18.2 Å². The number of carbonyl (C=O) groups is 1. The number of aliphatic hydroxyl groups is 1. The first kappa shape index (κ1) is 15.8. The molecule has 0 radical (unpaired) electrons. The number of carbonyl (C=O) groups excluding carboxylic acids is 1. The average Bonchev–Trinajstić information content (AvgIpc) is 2.42. The normalized spacial score (nSPS) is 18.7. The molecule has 1 heterocycles. The van der Waals surface area contributed by atoms with Gasteiger partial charge in [-0.2, -0.15) is 0 Å². The fraction of sp³-hybridized carbons (Fsp3) is 0.357. The Kier molecular flexibility index (Phi) is 4.02. The van der Waals surface area contributed by atoms with E-state index in [1.54, 1.807) is 6.07 Å². The lowest BCUT2D eigenvalue weighted by molar-refractivity contribution is -0.120. The van der Waals surface area contributed by atoms with Crippen LogP contribution in [0, 0.1) is 11.8 Å². The smallest absolute Gasteiger partial charge is 0.263 e. The van der Waals surface area contributed by atoms with Crippen LogP contribution in [-0.4, -0.2) is 30.8 Å². The minimum absolute atomic E-state index is 0.0549. The summed E-state index contributed by atoms with van der Waals surface area (Å²) in [6.45, 7) is 2.67. The van der Waals surface area contributed by atoms with Gasteiger partial charge in [0.05, 0.1) is 17.3 Å². The van der Waals surface area contributed by atoms with Crippen molar-refractivity contribution >= 4 is 33.2 Å². The molecule has 0 saturated carbocycles. The SMILES string of the molecule is CC1(C)C(=O)N(c2cc(C#CCCO)ccc2Cl)S1(=O)=O. The van der Waals surface area contributed by atoms with Crippen molar-refractivity contribution in [1.82, 2.24) is 0 Å². The molecule has 21 heavy (non-hydrogen) atoms. The number of halogens is 1. The molecule has 1 amide bonds. The number of benzene rings is 1. The minimum Gasteiger partial charge on any atom is -0.395 e. The molecule has 112 valence electrons. The summed E-state index contributed by atoms with van der Waals surface area (Å²) in [5, 5.41) is 8.85. The van der Waals surface area contributed by atoms with E-state index in [1.165, 1.54) is 26.0 Å². The number of sulfonamides is 1. The zero-order valence-corrected chi connectivity index (χ0v) is 13.1. The van der Waals surface area contributed by atoms with Crippen LogP contribution in [0.2, 0.25) is 5.02 Å². The van der Waals surface area contributed by atoms with E-state index < -0.39 is 20.7 Å². The highest BCUT2D eigenvalue weighted by atomic mass is 35.5. The summed E-state index contributed by atoms with van der Waals surface area (Å²) in [5.74, 6) is 4.98. The van der Waals surface area contributed by atoms with Gasteiger partial charge in [-0.1, -0.05) is 23.4 Å². The Morgan fingerprint density at radius 3 is 2.62 bits per heavy atom. The molecule has 0 unspecified atom stereocenters. The van der Waals surface area contributed by atoms with Gasteiger partial charge in [0, 0.05) is 12.0 Å². The Labute approximate surface area is 128 Å². The summed E-state index contributed by atoms with van der Waals surface area (Å²) >= 11 is 6.00. The lowest BCUT2D eigenvalue weighted by Crippen LogP contribution is -2.67. The van der Waals surface area contributed by atoms with Crippen LogP contribution in [0.3, 0.4) is 0 Å². The van der Waals surface area contributed by atoms with E-state index in [9.17, 15) is 13.2 Å². The fourth-order valence-corrected chi connectivity index (χ4v) is 3.60. The summed E-state index contributed by atoms with van der Waals surface area (Å²) in [4.78, 5) is 12.0. The molecule has 5 nitrogen and oxygen atoms in total. The zero-order chi connectivity index (χ0) is 15.8. The molecule has 0 aromatic heterocycles. The summed E-state index contributed by atoms with van der Waals surface area (Å²) < 4.78 is 23.6. The standard InChI is InChI=1S/C14H14ClNO4S/c1-14(2)13(18)16(21(14,19)20)12-9-10(5-3-4-8-17)6-7-11(12)15/h6-7,9,17H,4,8H2,1-2H3. The molecule has 0 spiro atoms. The van der Waals surface area contributed by atoms with Crippen molar-refractivity contribution in [3.8, 4) is 11.8 Å². The largest absolute Gasteiger partial charge is 0.395 e. The third kappa shape index (κ3) is 2.42. The van der Waals surface area contributed by atoms with Crippen LogP contribution in [0.4, 0.5) is 5.69 Å². The second-order valence-corrected chi connectivity index (χ2v) is 7.77. The summed E-state index contributed by atoms with van der Waals surface area (Å²) in [6.07, 6.45) is 0.311. The van der Waals surface area contributed by atoms with Crippen molar-refractivity contribution in [1.29, 1.82) is 0 Å². The minimum atomic E-state index is -3.76. The van der Waals surface area contributed by atoms with E-state index in [-0.39, 0.29) is 17.3 Å². The summed E-state index contributed by atoms with van der Waals surface area (Å²) in [7, 11) is -3.76. The number of hydrogen-bond acceptors (Lipinski definition) is 4. The molecule has 0 aliphatic carbocycles. The second-order valence-electron chi connectivity index (χ2n) is 5.03.